The second-order valence-electron chi connectivity index (χ2n) is 7.11. The van der Waals surface area contributed by atoms with Gasteiger partial charge < -0.3 is 19.7 Å². The van der Waals surface area contributed by atoms with Crippen molar-refractivity contribution in [3.05, 3.63) is 41.7 Å². The highest BCUT2D eigenvalue weighted by molar-refractivity contribution is 5.78. The number of benzene rings is 1. The fourth-order valence-electron chi connectivity index (χ4n) is 3.35. The fraction of sp³-hybridized carbons (Fsp3) is 0.500. The number of aromatic nitrogens is 2. The first-order valence-electron chi connectivity index (χ1n) is 10.4. The molecule has 1 aliphatic heterocycles. The molecule has 3 rings (SSSR count). The van der Waals surface area contributed by atoms with Crippen molar-refractivity contribution in [3.63, 3.8) is 0 Å². The van der Waals surface area contributed by atoms with Crippen LogP contribution in [0.2, 0.25) is 0 Å². The van der Waals surface area contributed by atoms with Gasteiger partial charge in [-0.1, -0.05) is 12.1 Å². The third-order valence-corrected chi connectivity index (χ3v) is 4.75. The largest absolute Gasteiger partial charge is 0.494 e. The van der Waals surface area contributed by atoms with Gasteiger partial charge in [0.05, 0.1) is 19.6 Å². The minimum atomic E-state index is -0.0365. The minimum Gasteiger partial charge on any atom is -0.494 e. The molecule has 2 heterocycles. The van der Waals surface area contributed by atoms with E-state index in [1.165, 1.54) is 19.3 Å². The average molecular weight is 399 g/mol. The third-order valence-electron chi connectivity index (χ3n) is 4.75. The van der Waals surface area contributed by atoms with E-state index in [4.69, 9.17) is 9.47 Å². The number of aryl methyl sites for hydroxylation is 1. The second kappa shape index (κ2) is 10.6. The van der Waals surface area contributed by atoms with Crippen LogP contribution in [0.5, 0.6) is 11.6 Å². The molecule has 7 heteroatoms. The standard InChI is InChI=1S/C22H30N4O3/c1-3-28-19-9-7-18(8-10-19)15-21(27)23-11-14-29-22-16-20(24-17(2)25-22)26-12-5-4-6-13-26/h7-10,16H,3-6,11-15H2,1-2H3,(H,23,27). The predicted octanol–water partition coefficient (Wildman–Crippen LogP) is 2.91. The van der Waals surface area contributed by atoms with E-state index < -0.39 is 0 Å². The van der Waals surface area contributed by atoms with Crippen LogP contribution in [0.1, 0.15) is 37.6 Å². The summed E-state index contributed by atoms with van der Waals surface area (Å²) >= 11 is 0. The first-order valence-corrected chi connectivity index (χ1v) is 10.4. The van der Waals surface area contributed by atoms with Gasteiger partial charge in [0.25, 0.3) is 0 Å². The Kier molecular flexibility index (Phi) is 7.67. The van der Waals surface area contributed by atoms with Gasteiger partial charge in [0.15, 0.2) is 0 Å². The van der Waals surface area contributed by atoms with Crippen molar-refractivity contribution in [3.8, 4) is 11.6 Å². The Morgan fingerprint density at radius 1 is 1.10 bits per heavy atom. The highest BCUT2D eigenvalue weighted by Gasteiger charge is 2.14. The Hall–Kier alpha value is -2.83. The van der Waals surface area contributed by atoms with Crippen molar-refractivity contribution in [1.82, 2.24) is 15.3 Å². The van der Waals surface area contributed by atoms with Crippen LogP contribution < -0.4 is 19.7 Å². The highest BCUT2D eigenvalue weighted by atomic mass is 16.5. The van der Waals surface area contributed by atoms with Crippen molar-refractivity contribution in [1.29, 1.82) is 0 Å². The molecule has 0 unspecified atom stereocenters. The van der Waals surface area contributed by atoms with Crippen LogP contribution in [0.25, 0.3) is 0 Å². The molecule has 0 atom stereocenters. The van der Waals surface area contributed by atoms with Crippen LogP contribution >= 0.6 is 0 Å². The normalized spacial score (nSPS) is 13.8. The molecule has 0 aliphatic carbocycles. The monoisotopic (exact) mass is 398 g/mol. The molecule has 1 aromatic carbocycles. The molecule has 1 aliphatic rings. The number of carbonyl (C=O) groups excluding carboxylic acids is 1. The number of amides is 1. The van der Waals surface area contributed by atoms with Gasteiger partial charge in [0, 0.05) is 19.2 Å². The van der Waals surface area contributed by atoms with Crippen molar-refractivity contribution in [2.24, 2.45) is 0 Å². The topological polar surface area (TPSA) is 76.6 Å². The SMILES string of the molecule is CCOc1ccc(CC(=O)NCCOc2cc(N3CCCCC3)nc(C)n2)cc1. The summed E-state index contributed by atoms with van der Waals surface area (Å²) < 4.78 is 11.2. The maximum absolute atomic E-state index is 12.1. The Morgan fingerprint density at radius 3 is 2.59 bits per heavy atom. The lowest BCUT2D eigenvalue weighted by Gasteiger charge is -2.28. The predicted molar refractivity (Wildman–Crippen MR) is 113 cm³/mol. The number of ether oxygens (including phenoxy) is 2. The maximum Gasteiger partial charge on any atom is 0.224 e. The van der Waals surface area contributed by atoms with Crippen molar-refractivity contribution >= 4 is 11.7 Å². The number of nitrogens with zero attached hydrogens (tertiary/aromatic N) is 3. The zero-order valence-corrected chi connectivity index (χ0v) is 17.3. The minimum absolute atomic E-state index is 0.0365. The molecule has 0 bridgehead atoms. The lowest BCUT2D eigenvalue weighted by atomic mass is 10.1. The van der Waals surface area contributed by atoms with Gasteiger partial charge >= 0.3 is 0 Å². The van der Waals surface area contributed by atoms with E-state index in [1.54, 1.807) is 0 Å². The van der Waals surface area contributed by atoms with Gasteiger partial charge in [-0.3, -0.25) is 4.79 Å². The molecule has 0 saturated carbocycles. The molecule has 1 aromatic heterocycles. The molecule has 1 saturated heterocycles. The molecule has 2 aromatic rings. The quantitative estimate of drug-likeness (QED) is 0.655. The van der Waals surface area contributed by atoms with Gasteiger partial charge in [-0.15, -0.1) is 0 Å². The molecule has 0 spiro atoms. The first-order chi connectivity index (χ1) is 14.1. The Bertz CT molecular complexity index is 789. The van der Waals surface area contributed by atoms with E-state index in [9.17, 15) is 4.79 Å². The lowest BCUT2D eigenvalue weighted by molar-refractivity contribution is -0.120. The summed E-state index contributed by atoms with van der Waals surface area (Å²) in [6, 6.07) is 9.47. The third kappa shape index (κ3) is 6.62. The molecule has 1 N–H and O–H groups in total. The summed E-state index contributed by atoms with van der Waals surface area (Å²) in [5.74, 6) is 2.95. The molecule has 1 amide bonds. The molecular formula is C22H30N4O3. The van der Waals surface area contributed by atoms with Gasteiger partial charge in [-0.05, 0) is 50.8 Å². The summed E-state index contributed by atoms with van der Waals surface area (Å²) in [4.78, 5) is 23.3. The summed E-state index contributed by atoms with van der Waals surface area (Å²) in [5, 5.41) is 2.88. The number of nitrogens with one attached hydrogen (secondary N) is 1. The molecule has 156 valence electrons. The average Bonchev–Trinajstić information content (AvgIpc) is 2.73. The maximum atomic E-state index is 12.1. The first kappa shape index (κ1) is 20.9. The van der Waals surface area contributed by atoms with Crippen LogP contribution in [0, 0.1) is 6.92 Å². The van der Waals surface area contributed by atoms with Gasteiger partial charge in [0.1, 0.15) is 24.0 Å². The van der Waals surface area contributed by atoms with Crippen LogP contribution in [-0.4, -0.2) is 48.7 Å². The zero-order chi connectivity index (χ0) is 20.5. The van der Waals surface area contributed by atoms with E-state index in [0.717, 1.165) is 30.2 Å². The van der Waals surface area contributed by atoms with Crippen LogP contribution in [0.15, 0.2) is 30.3 Å². The second-order valence-corrected chi connectivity index (χ2v) is 7.11. The molecule has 0 radical (unpaired) electrons. The molecule has 29 heavy (non-hydrogen) atoms. The van der Waals surface area contributed by atoms with E-state index in [-0.39, 0.29) is 5.91 Å². The van der Waals surface area contributed by atoms with Gasteiger partial charge in [-0.2, -0.15) is 4.98 Å². The van der Waals surface area contributed by atoms with Crippen LogP contribution in [0.3, 0.4) is 0 Å². The summed E-state index contributed by atoms with van der Waals surface area (Å²) in [6.07, 6.45) is 4.00. The molecule has 1 fully saturated rings. The number of anilines is 1. The Labute approximate surface area is 172 Å². The summed E-state index contributed by atoms with van der Waals surface area (Å²) in [7, 11) is 0. The van der Waals surface area contributed by atoms with E-state index in [0.29, 0.717) is 37.9 Å². The van der Waals surface area contributed by atoms with E-state index in [2.05, 4.69) is 20.2 Å². The number of rotatable bonds is 9. The summed E-state index contributed by atoms with van der Waals surface area (Å²) in [5.41, 5.74) is 0.949. The highest BCUT2D eigenvalue weighted by Crippen LogP contribution is 2.21. The number of piperidine rings is 1. The Morgan fingerprint density at radius 2 is 1.86 bits per heavy atom. The number of hydrogen-bond acceptors (Lipinski definition) is 6. The van der Waals surface area contributed by atoms with E-state index in [1.807, 2.05) is 44.2 Å². The summed E-state index contributed by atoms with van der Waals surface area (Å²) in [6.45, 7) is 7.29. The lowest BCUT2D eigenvalue weighted by Crippen LogP contribution is -2.31. The number of hydrogen-bond donors (Lipinski definition) is 1. The van der Waals surface area contributed by atoms with Gasteiger partial charge in [0.2, 0.25) is 11.8 Å². The van der Waals surface area contributed by atoms with Crippen molar-refractivity contribution in [2.75, 3.05) is 37.7 Å². The van der Waals surface area contributed by atoms with Crippen LogP contribution in [0.4, 0.5) is 5.82 Å². The fourth-order valence-corrected chi connectivity index (χ4v) is 3.35. The zero-order valence-electron chi connectivity index (χ0n) is 17.3. The Balaban J connectivity index is 1.42. The smallest absolute Gasteiger partial charge is 0.224 e. The van der Waals surface area contributed by atoms with Crippen molar-refractivity contribution in [2.45, 2.75) is 39.5 Å². The van der Waals surface area contributed by atoms with E-state index >= 15 is 0 Å². The molecular weight excluding hydrogens is 368 g/mol. The van der Waals surface area contributed by atoms with Crippen LogP contribution in [-0.2, 0) is 11.2 Å². The van der Waals surface area contributed by atoms with Crippen molar-refractivity contribution < 1.29 is 14.3 Å². The number of carbonyl (C=O) groups is 1. The van der Waals surface area contributed by atoms with Gasteiger partial charge in [-0.25, -0.2) is 4.98 Å². The molecule has 7 nitrogen and oxygen atoms in total.